The minimum atomic E-state index is -3.74. The summed E-state index contributed by atoms with van der Waals surface area (Å²) in [5.41, 5.74) is 1.63. The molecule has 0 aliphatic carbocycles. The number of sulfonamides is 1. The molecule has 1 heterocycles. The van der Waals surface area contributed by atoms with E-state index in [0.717, 1.165) is 20.5 Å². The monoisotopic (exact) mass is 434 g/mol. The highest BCUT2D eigenvalue weighted by Gasteiger charge is 2.23. The van der Waals surface area contributed by atoms with Crippen LogP contribution in [0.2, 0.25) is 0 Å². The molecule has 146 valence electrons. The van der Waals surface area contributed by atoms with E-state index in [1.165, 1.54) is 35.2 Å². The molecule has 1 aromatic heterocycles. The maximum absolute atomic E-state index is 12.9. The molecule has 3 N–H and O–H groups in total. The smallest absolute Gasteiger partial charge is 0.238 e. The molecule has 2 aromatic carbocycles. The van der Waals surface area contributed by atoms with Crippen molar-refractivity contribution in [3.8, 4) is 0 Å². The highest BCUT2D eigenvalue weighted by molar-refractivity contribution is 8.01. The molecule has 0 saturated heterocycles. The average molecular weight is 435 g/mol. The Kier molecular flexibility index (Phi) is 6.45. The molecular formula is C18H18N4O3S3. The van der Waals surface area contributed by atoms with E-state index < -0.39 is 15.3 Å². The Hall–Kier alpha value is -2.27. The first-order valence-corrected chi connectivity index (χ1v) is 11.5. The van der Waals surface area contributed by atoms with E-state index in [2.05, 4.69) is 15.5 Å². The quantitative estimate of drug-likeness (QED) is 0.553. The SMILES string of the molecule is Cc1nnc(S[C@@H](C(=O)NCc2ccc(S(N)(=O)=O)cc2)c2ccccc2)s1. The third-order valence-corrected chi connectivity index (χ3v) is 6.89. The molecular weight excluding hydrogens is 416 g/mol. The van der Waals surface area contributed by atoms with Crippen LogP contribution in [-0.2, 0) is 21.4 Å². The number of primary sulfonamides is 1. The number of nitrogens with two attached hydrogens (primary N) is 1. The average Bonchev–Trinajstić information content (AvgIpc) is 3.09. The van der Waals surface area contributed by atoms with Crippen molar-refractivity contribution in [2.45, 2.75) is 28.0 Å². The minimum Gasteiger partial charge on any atom is -0.351 e. The number of hydrogen-bond acceptors (Lipinski definition) is 7. The van der Waals surface area contributed by atoms with E-state index in [1.54, 1.807) is 12.1 Å². The highest BCUT2D eigenvalue weighted by Crippen LogP contribution is 2.36. The first-order valence-electron chi connectivity index (χ1n) is 8.24. The van der Waals surface area contributed by atoms with Gasteiger partial charge >= 0.3 is 0 Å². The number of hydrogen-bond donors (Lipinski definition) is 2. The zero-order valence-electron chi connectivity index (χ0n) is 14.9. The summed E-state index contributed by atoms with van der Waals surface area (Å²) in [4.78, 5) is 12.9. The fourth-order valence-electron chi connectivity index (χ4n) is 2.41. The van der Waals surface area contributed by atoms with E-state index in [1.807, 2.05) is 37.3 Å². The Bertz CT molecular complexity index is 1050. The van der Waals surface area contributed by atoms with Gasteiger partial charge < -0.3 is 5.32 Å². The molecule has 10 heteroatoms. The van der Waals surface area contributed by atoms with Gasteiger partial charge in [0, 0.05) is 6.54 Å². The number of nitrogens with zero attached hydrogens (tertiary/aromatic N) is 2. The standard InChI is InChI=1S/C18H18N4O3S3/c1-12-21-22-18(26-12)27-16(14-5-3-2-4-6-14)17(23)20-11-13-7-9-15(10-8-13)28(19,24)25/h2-10,16H,11H2,1H3,(H,20,23)(H2,19,24,25)/t16-/m1/s1. The van der Waals surface area contributed by atoms with Crippen molar-refractivity contribution >= 4 is 39.0 Å². The number of amides is 1. The van der Waals surface area contributed by atoms with E-state index in [0.29, 0.717) is 0 Å². The predicted molar refractivity (Wildman–Crippen MR) is 109 cm³/mol. The van der Waals surface area contributed by atoms with Crippen molar-refractivity contribution in [1.82, 2.24) is 15.5 Å². The minimum absolute atomic E-state index is 0.0342. The molecule has 0 unspecified atom stereocenters. The number of thioether (sulfide) groups is 1. The molecule has 0 fully saturated rings. The first-order chi connectivity index (χ1) is 13.3. The summed E-state index contributed by atoms with van der Waals surface area (Å²) in [6, 6.07) is 15.5. The van der Waals surface area contributed by atoms with Gasteiger partial charge in [-0.15, -0.1) is 10.2 Å². The molecule has 0 bridgehead atoms. The number of nitrogens with one attached hydrogen (secondary N) is 1. The third-order valence-electron chi connectivity index (χ3n) is 3.79. The molecule has 7 nitrogen and oxygen atoms in total. The van der Waals surface area contributed by atoms with Crippen LogP contribution in [0.1, 0.15) is 21.4 Å². The molecule has 0 aliphatic heterocycles. The van der Waals surface area contributed by atoms with Gasteiger partial charge in [0.25, 0.3) is 0 Å². The number of benzene rings is 2. The van der Waals surface area contributed by atoms with Gasteiger partial charge in [0.15, 0.2) is 4.34 Å². The molecule has 0 spiro atoms. The van der Waals surface area contributed by atoms with E-state index in [-0.39, 0.29) is 17.3 Å². The predicted octanol–water partition coefficient (Wildman–Crippen LogP) is 2.64. The summed E-state index contributed by atoms with van der Waals surface area (Å²) in [7, 11) is -3.74. The fourth-order valence-corrected chi connectivity index (χ4v) is 4.95. The lowest BCUT2D eigenvalue weighted by Gasteiger charge is -2.15. The van der Waals surface area contributed by atoms with Crippen molar-refractivity contribution in [2.75, 3.05) is 0 Å². The summed E-state index contributed by atoms with van der Waals surface area (Å²) < 4.78 is 23.4. The lowest BCUT2D eigenvalue weighted by molar-refractivity contribution is -0.120. The van der Waals surface area contributed by atoms with Crippen molar-refractivity contribution < 1.29 is 13.2 Å². The largest absolute Gasteiger partial charge is 0.351 e. The Balaban J connectivity index is 1.72. The molecule has 0 radical (unpaired) electrons. The van der Waals surface area contributed by atoms with Crippen LogP contribution in [0, 0.1) is 6.92 Å². The van der Waals surface area contributed by atoms with Crippen LogP contribution in [-0.4, -0.2) is 24.5 Å². The summed E-state index contributed by atoms with van der Waals surface area (Å²) >= 11 is 2.79. The number of carbonyl (C=O) groups excluding carboxylic acids is 1. The van der Waals surface area contributed by atoms with Gasteiger partial charge in [-0.25, -0.2) is 13.6 Å². The molecule has 3 aromatic rings. The normalized spacial score (nSPS) is 12.5. The van der Waals surface area contributed by atoms with Gasteiger partial charge in [0.2, 0.25) is 15.9 Å². The number of carbonyl (C=O) groups is 1. The summed E-state index contributed by atoms with van der Waals surface area (Å²) in [5.74, 6) is -0.167. The van der Waals surface area contributed by atoms with Crippen LogP contribution in [0.5, 0.6) is 0 Å². The van der Waals surface area contributed by atoms with Gasteiger partial charge in [-0.1, -0.05) is 65.6 Å². The van der Waals surface area contributed by atoms with Crippen molar-refractivity contribution in [1.29, 1.82) is 0 Å². The lowest BCUT2D eigenvalue weighted by atomic mass is 10.1. The maximum atomic E-state index is 12.9. The summed E-state index contributed by atoms with van der Waals surface area (Å²) in [6.45, 7) is 2.13. The van der Waals surface area contributed by atoms with Crippen LogP contribution in [0.15, 0.2) is 63.8 Å². The molecule has 1 amide bonds. The maximum Gasteiger partial charge on any atom is 0.238 e. The number of aryl methyl sites for hydroxylation is 1. The number of aromatic nitrogens is 2. The third kappa shape index (κ3) is 5.38. The van der Waals surface area contributed by atoms with Gasteiger partial charge in [0.05, 0.1) is 4.90 Å². The van der Waals surface area contributed by atoms with E-state index in [9.17, 15) is 13.2 Å². The van der Waals surface area contributed by atoms with Gasteiger partial charge in [-0.2, -0.15) is 0 Å². The van der Waals surface area contributed by atoms with E-state index in [4.69, 9.17) is 5.14 Å². The molecule has 3 rings (SSSR count). The highest BCUT2D eigenvalue weighted by atomic mass is 32.2. The van der Waals surface area contributed by atoms with Gasteiger partial charge in [-0.3, -0.25) is 4.79 Å². The zero-order valence-corrected chi connectivity index (χ0v) is 17.4. The Labute approximate surface area is 171 Å². The van der Waals surface area contributed by atoms with Crippen molar-refractivity contribution in [3.63, 3.8) is 0 Å². The number of rotatable bonds is 7. The van der Waals surface area contributed by atoms with Crippen LogP contribution in [0.4, 0.5) is 0 Å². The Morgan fingerprint density at radius 2 is 1.82 bits per heavy atom. The van der Waals surface area contributed by atoms with Gasteiger partial charge in [-0.05, 0) is 30.2 Å². The second kappa shape index (κ2) is 8.82. The van der Waals surface area contributed by atoms with Crippen LogP contribution in [0.3, 0.4) is 0 Å². The van der Waals surface area contributed by atoms with E-state index >= 15 is 0 Å². The topological polar surface area (TPSA) is 115 Å². The Morgan fingerprint density at radius 3 is 2.39 bits per heavy atom. The molecule has 0 saturated carbocycles. The first kappa shape index (κ1) is 20.5. The van der Waals surface area contributed by atoms with Crippen molar-refractivity contribution in [2.24, 2.45) is 5.14 Å². The van der Waals surface area contributed by atoms with Gasteiger partial charge in [0.1, 0.15) is 10.3 Å². The lowest BCUT2D eigenvalue weighted by Crippen LogP contribution is -2.27. The second-order valence-electron chi connectivity index (χ2n) is 5.90. The summed E-state index contributed by atoms with van der Waals surface area (Å²) in [5, 5.41) is 16.5. The molecule has 1 atom stereocenters. The van der Waals surface area contributed by atoms with Crippen molar-refractivity contribution in [3.05, 3.63) is 70.7 Å². The van der Waals surface area contributed by atoms with Crippen LogP contribution in [0.25, 0.3) is 0 Å². The fraction of sp³-hybridized carbons (Fsp3) is 0.167. The second-order valence-corrected chi connectivity index (χ2v) is 10.00. The Morgan fingerprint density at radius 1 is 1.14 bits per heavy atom. The molecule has 0 aliphatic rings. The van der Waals surface area contributed by atoms with Crippen LogP contribution < -0.4 is 10.5 Å². The zero-order chi connectivity index (χ0) is 20.1. The molecule has 28 heavy (non-hydrogen) atoms. The summed E-state index contributed by atoms with van der Waals surface area (Å²) in [6.07, 6.45) is 0. The van der Waals surface area contributed by atoms with Crippen LogP contribution >= 0.6 is 23.1 Å².